The highest BCUT2D eigenvalue weighted by Gasteiger charge is 2.22. The maximum absolute atomic E-state index is 5.87. The van der Waals surface area contributed by atoms with Crippen LogP contribution in [0.4, 0.5) is 0 Å². The fourth-order valence-corrected chi connectivity index (χ4v) is 2.34. The molecule has 0 radical (unpaired) electrons. The molecule has 8 heteroatoms. The second-order valence-corrected chi connectivity index (χ2v) is 4.99. The molecule has 0 spiro atoms. The minimum absolute atomic E-state index is 0.0292. The Morgan fingerprint density at radius 1 is 1.45 bits per heavy atom. The standard InChI is InChI=1S/C14H24N8/c1-17-4-5-18-8-11(7-15)10-6-13-12(19-9-10)2-3-14(20-13)21-22-16/h2-3,6,8,13,17-20H,4-5,7,9,15H2,1H3,(H2,16,21)/b11-8+. The van der Waals surface area contributed by atoms with Gasteiger partial charge in [0.2, 0.25) is 0 Å². The predicted octanol–water partition coefficient (Wildman–Crippen LogP) is -0.809. The highest BCUT2D eigenvalue weighted by atomic mass is 15.3. The molecule has 22 heavy (non-hydrogen) atoms. The Morgan fingerprint density at radius 2 is 2.32 bits per heavy atom. The molecule has 0 bridgehead atoms. The van der Waals surface area contributed by atoms with Gasteiger partial charge in [-0.15, -0.1) is 5.11 Å². The zero-order chi connectivity index (χ0) is 15.8. The number of allylic oxidation sites excluding steroid dienone is 2. The summed E-state index contributed by atoms with van der Waals surface area (Å²) in [5.41, 5.74) is 9.22. The third-order valence-corrected chi connectivity index (χ3v) is 3.50. The SMILES string of the molecule is CNCCN/C=C(\CN)C1=CC2NC(N=NN)=CC=C2NC1. The first kappa shape index (κ1) is 16.1. The van der Waals surface area contributed by atoms with Crippen LogP contribution in [0.3, 0.4) is 0 Å². The number of rotatable bonds is 7. The molecule has 0 saturated heterocycles. The smallest absolute Gasteiger partial charge is 0.151 e. The minimum atomic E-state index is 0.0292. The van der Waals surface area contributed by atoms with Gasteiger partial charge in [-0.3, -0.25) is 0 Å². The molecule has 120 valence electrons. The minimum Gasteiger partial charge on any atom is -0.389 e. The number of fused-ring (bicyclic) bond motifs is 1. The molecule has 8 nitrogen and oxygen atoms in total. The summed E-state index contributed by atoms with van der Waals surface area (Å²) in [5.74, 6) is 5.73. The monoisotopic (exact) mass is 304 g/mol. The number of nitrogens with zero attached hydrogens (tertiary/aromatic N) is 2. The molecule has 0 aromatic heterocycles. The lowest BCUT2D eigenvalue weighted by Crippen LogP contribution is -2.41. The van der Waals surface area contributed by atoms with E-state index in [2.05, 4.69) is 37.7 Å². The van der Waals surface area contributed by atoms with Gasteiger partial charge in [0.25, 0.3) is 0 Å². The third kappa shape index (κ3) is 4.09. The first-order chi connectivity index (χ1) is 10.8. The van der Waals surface area contributed by atoms with Crippen molar-refractivity contribution in [3.63, 3.8) is 0 Å². The van der Waals surface area contributed by atoms with Gasteiger partial charge in [0.15, 0.2) is 5.82 Å². The summed E-state index contributed by atoms with van der Waals surface area (Å²) < 4.78 is 0. The van der Waals surface area contributed by atoms with E-state index in [-0.39, 0.29) is 6.04 Å². The van der Waals surface area contributed by atoms with Crippen molar-refractivity contribution in [3.05, 3.63) is 47.1 Å². The Bertz CT molecular complexity index is 529. The van der Waals surface area contributed by atoms with Crippen LogP contribution in [0.15, 0.2) is 57.4 Å². The summed E-state index contributed by atoms with van der Waals surface area (Å²) in [6.07, 6.45) is 7.96. The summed E-state index contributed by atoms with van der Waals surface area (Å²) in [5, 5.41) is 20.1. The maximum atomic E-state index is 5.87. The van der Waals surface area contributed by atoms with E-state index in [1.54, 1.807) is 0 Å². The van der Waals surface area contributed by atoms with Gasteiger partial charge < -0.3 is 32.8 Å². The van der Waals surface area contributed by atoms with Crippen LogP contribution < -0.4 is 32.8 Å². The number of likely N-dealkylation sites (N-methyl/N-ethyl adjacent to an activating group) is 1. The molecule has 0 aliphatic carbocycles. The van der Waals surface area contributed by atoms with E-state index in [1.807, 2.05) is 25.4 Å². The largest absolute Gasteiger partial charge is 0.389 e. The van der Waals surface area contributed by atoms with Crippen LogP contribution in [-0.4, -0.2) is 39.3 Å². The molecule has 0 saturated carbocycles. The molecule has 8 N–H and O–H groups in total. The summed E-state index contributed by atoms with van der Waals surface area (Å²) >= 11 is 0. The molecule has 1 unspecified atom stereocenters. The van der Waals surface area contributed by atoms with Crippen molar-refractivity contribution >= 4 is 0 Å². The average Bonchev–Trinajstić information content (AvgIpc) is 2.55. The molecular formula is C14H24N8. The zero-order valence-corrected chi connectivity index (χ0v) is 12.8. The predicted molar refractivity (Wildman–Crippen MR) is 87.3 cm³/mol. The molecule has 1 atom stereocenters. The molecule has 2 heterocycles. The lowest BCUT2D eigenvalue weighted by molar-refractivity contribution is 0.629. The first-order valence-electron chi connectivity index (χ1n) is 7.30. The lowest BCUT2D eigenvalue weighted by atomic mass is 9.97. The number of hydrogen-bond donors (Lipinski definition) is 6. The molecular weight excluding hydrogens is 280 g/mol. The topological polar surface area (TPSA) is 125 Å². The van der Waals surface area contributed by atoms with Crippen molar-refractivity contribution in [1.29, 1.82) is 0 Å². The van der Waals surface area contributed by atoms with Crippen LogP contribution >= 0.6 is 0 Å². The van der Waals surface area contributed by atoms with Gasteiger partial charge >= 0.3 is 0 Å². The van der Waals surface area contributed by atoms with E-state index in [0.717, 1.165) is 30.9 Å². The van der Waals surface area contributed by atoms with E-state index >= 15 is 0 Å². The summed E-state index contributed by atoms with van der Waals surface area (Å²) in [6.45, 7) is 3.00. The van der Waals surface area contributed by atoms with Gasteiger partial charge in [0, 0.05) is 38.1 Å². The van der Waals surface area contributed by atoms with E-state index < -0.39 is 0 Å². The Labute approximate surface area is 130 Å². The zero-order valence-electron chi connectivity index (χ0n) is 12.8. The first-order valence-corrected chi connectivity index (χ1v) is 7.30. The molecule has 0 amide bonds. The fraction of sp³-hybridized carbons (Fsp3) is 0.429. The molecule has 2 aliphatic heterocycles. The average molecular weight is 304 g/mol. The third-order valence-electron chi connectivity index (χ3n) is 3.50. The maximum Gasteiger partial charge on any atom is 0.151 e. The number of nitrogens with two attached hydrogens (primary N) is 2. The highest BCUT2D eigenvalue weighted by molar-refractivity contribution is 5.42. The van der Waals surface area contributed by atoms with Gasteiger partial charge in [-0.05, 0) is 30.3 Å². The van der Waals surface area contributed by atoms with Crippen molar-refractivity contribution in [2.45, 2.75) is 6.04 Å². The normalized spacial score (nSPS) is 21.3. The molecule has 0 fully saturated rings. The molecule has 2 rings (SSSR count). The Kier molecular flexibility index (Phi) is 5.99. The van der Waals surface area contributed by atoms with E-state index in [0.29, 0.717) is 12.4 Å². The van der Waals surface area contributed by atoms with Gasteiger partial charge in [0.1, 0.15) is 0 Å². The van der Waals surface area contributed by atoms with Crippen LogP contribution in [0.25, 0.3) is 0 Å². The van der Waals surface area contributed by atoms with Crippen molar-refractivity contribution in [2.75, 3.05) is 33.2 Å². The summed E-state index contributed by atoms with van der Waals surface area (Å²) in [6, 6.07) is 0.0292. The van der Waals surface area contributed by atoms with Gasteiger partial charge in [-0.2, -0.15) is 0 Å². The van der Waals surface area contributed by atoms with Crippen LogP contribution in [-0.2, 0) is 0 Å². The Balaban J connectivity index is 2.07. The lowest BCUT2D eigenvalue weighted by Gasteiger charge is -2.30. The second kappa shape index (κ2) is 8.20. The fourth-order valence-electron chi connectivity index (χ4n) is 2.34. The molecule has 0 aromatic rings. The van der Waals surface area contributed by atoms with Crippen LogP contribution in [0.1, 0.15) is 0 Å². The quantitative estimate of drug-likeness (QED) is 0.158. The number of hydrogen-bond acceptors (Lipinski definition) is 7. The Hall–Kier alpha value is -2.32. The highest BCUT2D eigenvalue weighted by Crippen LogP contribution is 2.20. The van der Waals surface area contributed by atoms with Gasteiger partial charge in [0.05, 0.1) is 6.04 Å². The van der Waals surface area contributed by atoms with Crippen molar-refractivity contribution < 1.29 is 0 Å². The molecule has 0 aromatic carbocycles. The number of dihydropyridines is 1. The van der Waals surface area contributed by atoms with E-state index in [9.17, 15) is 0 Å². The van der Waals surface area contributed by atoms with Crippen molar-refractivity contribution in [3.8, 4) is 0 Å². The number of nitrogens with one attached hydrogen (secondary N) is 4. The molecule has 2 aliphatic rings. The van der Waals surface area contributed by atoms with Crippen molar-refractivity contribution in [2.24, 2.45) is 21.9 Å². The Morgan fingerprint density at radius 3 is 3.05 bits per heavy atom. The second-order valence-electron chi connectivity index (χ2n) is 4.99. The van der Waals surface area contributed by atoms with E-state index in [1.165, 1.54) is 5.57 Å². The van der Waals surface area contributed by atoms with Crippen LogP contribution in [0.5, 0.6) is 0 Å². The summed E-state index contributed by atoms with van der Waals surface area (Å²) in [7, 11) is 1.93. The van der Waals surface area contributed by atoms with Crippen molar-refractivity contribution in [1.82, 2.24) is 21.3 Å². The van der Waals surface area contributed by atoms with E-state index in [4.69, 9.17) is 11.6 Å². The summed E-state index contributed by atoms with van der Waals surface area (Å²) in [4.78, 5) is 0. The van der Waals surface area contributed by atoms with Gasteiger partial charge in [-0.25, -0.2) is 0 Å². The van der Waals surface area contributed by atoms with Crippen LogP contribution in [0, 0.1) is 0 Å². The van der Waals surface area contributed by atoms with Gasteiger partial charge in [-0.1, -0.05) is 11.3 Å². The van der Waals surface area contributed by atoms with Crippen LogP contribution in [0.2, 0.25) is 0 Å².